The van der Waals surface area contributed by atoms with Crippen molar-refractivity contribution in [3.8, 4) is 11.3 Å². The van der Waals surface area contributed by atoms with E-state index in [2.05, 4.69) is 25.5 Å². The van der Waals surface area contributed by atoms with E-state index in [1.807, 2.05) is 75.6 Å². The Balaban J connectivity index is 1.90. The molecular formula is C21H24ClN5. The second-order valence-corrected chi connectivity index (χ2v) is 7.05. The van der Waals surface area contributed by atoms with Crippen molar-refractivity contribution in [2.24, 2.45) is 0 Å². The van der Waals surface area contributed by atoms with E-state index in [1.54, 1.807) is 0 Å². The summed E-state index contributed by atoms with van der Waals surface area (Å²) >= 11 is 6.13. The summed E-state index contributed by atoms with van der Waals surface area (Å²) in [5.41, 5.74) is 3.87. The number of nitrogens with zero attached hydrogens (tertiary/aromatic N) is 3. The number of benzene rings is 2. The van der Waals surface area contributed by atoms with Crippen LogP contribution in [0.15, 0.2) is 54.6 Å². The first-order chi connectivity index (χ1) is 13.0. The molecular weight excluding hydrogens is 358 g/mol. The summed E-state index contributed by atoms with van der Waals surface area (Å²) < 4.78 is 0. The number of aromatic nitrogens is 2. The number of likely N-dealkylation sites (N-methyl/N-ethyl adjacent to an activating group) is 1. The molecule has 6 heteroatoms. The highest BCUT2D eigenvalue weighted by atomic mass is 35.5. The zero-order chi connectivity index (χ0) is 19.2. The van der Waals surface area contributed by atoms with Gasteiger partial charge in [-0.2, -0.15) is 4.98 Å². The summed E-state index contributed by atoms with van der Waals surface area (Å²) in [6.07, 6.45) is 0. The Morgan fingerprint density at radius 1 is 1.00 bits per heavy atom. The molecule has 0 spiro atoms. The summed E-state index contributed by atoms with van der Waals surface area (Å²) in [5, 5.41) is 7.42. The van der Waals surface area contributed by atoms with Crippen LogP contribution >= 0.6 is 11.6 Å². The van der Waals surface area contributed by atoms with Crippen molar-refractivity contribution in [1.29, 1.82) is 0 Å². The summed E-state index contributed by atoms with van der Waals surface area (Å²) in [6.45, 7) is 3.65. The highest BCUT2D eigenvalue weighted by Gasteiger charge is 2.08. The number of anilines is 3. The van der Waals surface area contributed by atoms with Crippen LogP contribution in [0.2, 0.25) is 5.02 Å². The van der Waals surface area contributed by atoms with Gasteiger partial charge in [-0.1, -0.05) is 41.9 Å². The number of hydrogen-bond donors (Lipinski definition) is 2. The van der Waals surface area contributed by atoms with Gasteiger partial charge in [0.15, 0.2) is 0 Å². The molecule has 3 rings (SSSR count). The van der Waals surface area contributed by atoms with Gasteiger partial charge >= 0.3 is 0 Å². The predicted molar refractivity (Wildman–Crippen MR) is 114 cm³/mol. The van der Waals surface area contributed by atoms with Gasteiger partial charge in [-0.3, -0.25) is 0 Å². The maximum absolute atomic E-state index is 6.13. The van der Waals surface area contributed by atoms with Crippen molar-refractivity contribution < 1.29 is 0 Å². The molecule has 0 unspecified atom stereocenters. The van der Waals surface area contributed by atoms with E-state index >= 15 is 0 Å². The van der Waals surface area contributed by atoms with Crippen molar-refractivity contribution in [3.63, 3.8) is 0 Å². The first kappa shape index (κ1) is 19.1. The molecule has 1 heterocycles. The first-order valence-corrected chi connectivity index (χ1v) is 9.25. The van der Waals surface area contributed by atoms with E-state index in [-0.39, 0.29) is 0 Å². The molecule has 0 aliphatic rings. The van der Waals surface area contributed by atoms with Crippen LogP contribution in [0.25, 0.3) is 11.3 Å². The van der Waals surface area contributed by atoms with E-state index < -0.39 is 0 Å². The van der Waals surface area contributed by atoms with Gasteiger partial charge in [0, 0.05) is 35.4 Å². The van der Waals surface area contributed by atoms with Crippen molar-refractivity contribution in [3.05, 3.63) is 65.2 Å². The lowest BCUT2D eigenvalue weighted by molar-refractivity contribution is 0.425. The minimum Gasteiger partial charge on any atom is -0.353 e. The second kappa shape index (κ2) is 8.84. The van der Waals surface area contributed by atoms with Crippen LogP contribution in [0.4, 0.5) is 17.5 Å². The summed E-state index contributed by atoms with van der Waals surface area (Å²) in [5.74, 6) is 1.34. The van der Waals surface area contributed by atoms with Gasteiger partial charge in [-0.05, 0) is 44.8 Å². The van der Waals surface area contributed by atoms with Gasteiger partial charge in [0.2, 0.25) is 5.95 Å². The average Bonchev–Trinajstić information content (AvgIpc) is 2.65. The van der Waals surface area contributed by atoms with Crippen molar-refractivity contribution in [2.45, 2.75) is 6.92 Å². The van der Waals surface area contributed by atoms with E-state index in [1.165, 1.54) is 0 Å². The maximum Gasteiger partial charge on any atom is 0.225 e. The van der Waals surface area contributed by atoms with Crippen LogP contribution in [-0.4, -0.2) is 42.1 Å². The molecule has 0 saturated heterocycles. The Morgan fingerprint density at radius 3 is 2.48 bits per heavy atom. The number of rotatable bonds is 7. The average molecular weight is 382 g/mol. The molecule has 0 atom stereocenters. The van der Waals surface area contributed by atoms with E-state index in [0.29, 0.717) is 5.95 Å². The molecule has 2 N–H and O–H groups in total. The fraction of sp³-hybridized carbons (Fsp3) is 0.238. The molecule has 0 aliphatic carbocycles. The molecule has 27 heavy (non-hydrogen) atoms. The molecule has 1 aromatic heterocycles. The van der Waals surface area contributed by atoms with Gasteiger partial charge in [0.25, 0.3) is 0 Å². The van der Waals surface area contributed by atoms with Crippen LogP contribution < -0.4 is 10.6 Å². The quantitative estimate of drug-likeness (QED) is 0.614. The fourth-order valence-electron chi connectivity index (χ4n) is 2.61. The molecule has 0 aliphatic heterocycles. The highest BCUT2D eigenvalue weighted by molar-refractivity contribution is 6.31. The van der Waals surface area contributed by atoms with Crippen LogP contribution in [0, 0.1) is 6.92 Å². The molecule has 0 fully saturated rings. The summed E-state index contributed by atoms with van der Waals surface area (Å²) in [6, 6.07) is 17.9. The number of aryl methyl sites for hydroxylation is 1. The minimum absolute atomic E-state index is 0.603. The molecule has 0 saturated carbocycles. The van der Waals surface area contributed by atoms with E-state index in [0.717, 1.165) is 46.4 Å². The summed E-state index contributed by atoms with van der Waals surface area (Å²) in [7, 11) is 4.08. The third kappa shape index (κ3) is 5.42. The molecule has 5 nitrogen and oxygen atoms in total. The predicted octanol–water partition coefficient (Wildman–Crippen LogP) is 4.82. The number of halogens is 1. The minimum atomic E-state index is 0.603. The first-order valence-electron chi connectivity index (χ1n) is 8.87. The van der Waals surface area contributed by atoms with E-state index in [4.69, 9.17) is 11.6 Å². The standard InChI is InChI=1S/C21H24ClN5/c1-15-13-17(9-10-18(15)22)24-20-14-19(16-7-5-4-6-8-16)25-21(26-20)23-11-12-27(2)3/h4-10,13-14H,11-12H2,1-3H3,(H2,23,24,25,26). The zero-order valence-electron chi connectivity index (χ0n) is 15.8. The van der Waals surface area contributed by atoms with Gasteiger partial charge in [-0.15, -0.1) is 0 Å². The molecule has 0 amide bonds. The van der Waals surface area contributed by atoms with Gasteiger partial charge in [-0.25, -0.2) is 4.98 Å². The van der Waals surface area contributed by atoms with Gasteiger partial charge < -0.3 is 15.5 Å². The summed E-state index contributed by atoms with van der Waals surface area (Å²) in [4.78, 5) is 11.4. The van der Waals surface area contributed by atoms with Crippen molar-refractivity contribution in [2.75, 3.05) is 37.8 Å². The molecule has 2 aromatic carbocycles. The number of hydrogen-bond acceptors (Lipinski definition) is 5. The lowest BCUT2D eigenvalue weighted by Gasteiger charge is -2.13. The van der Waals surface area contributed by atoms with Crippen molar-refractivity contribution >= 4 is 29.1 Å². The van der Waals surface area contributed by atoms with Gasteiger partial charge in [0.1, 0.15) is 5.82 Å². The monoisotopic (exact) mass is 381 g/mol. The van der Waals surface area contributed by atoms with Crippen LogP contribution in [0.3, 0.4) is 0 Å². The third-order valence-corrected chi connectivity index (χ3v) is 4.49. The Hall–Kier alpha value is -2.63. The topological polar surface area (TPSA) is 53.1 Å². The van der Waals surface area contributed by atoms with Crippen LogP contribution in [0.1, 0.15) is 5.56 Å². The van der Waals surface area contributed by atoms with Crippen LogP contribution in [-0.2, 0) is 0 Å². The lowest BCUT2D eigenvalue weighted by Crippen LogP contribution is -2.21. The molecule has 0 radical (unpaired) electrons. The van der Waals surface area contributed by atoms with Crippen LogP contribution in [0.5, 0.6) is 0 Å². The van der Waals surface area contributed by atoms with Gasteiger partial charge in [0.05, 0.1) is 5.69 Å². The third-order valence-electron chi connectivity index (χ3n) is 4.07. The van der Waals surface area contributed by atoms with Crippen molar-refractivity contribution in [1.82, 2.24) is 14.9 Å². The molecule has 3 aromatic rings. The Morgan fingerprint density at radius 2 is 1.78 bits per heavy atom. The smallest absolute Gasteiger partial charge is 0.225 e. The second-order valence-electron chi connectivity index (χ2n) is 6.65. The largest absolute Gasteiger partial charge is 0.353 e. The zero-order valence-corrected chi connectivity index (χ0v) is 16.6. The Kier molecular flexibility index (Phi) is 6.27. The normalized spacial score (nSPS) is 10.9. The fourth-order valence-corrected chi connectivity index (χ4v) is 2.73. The van der Waals surface area contributed by atoms with E-state index in [9.17, 15) is 0 Å². The Labute approximate surface area is 165 Å². The Bertz CT molecular complexity index is 896. The number of nitrogens with one attached hydrogen (secondary N) is 2. The highest BCUT2D eigenvalue weighted by Crippen LogP contribution is 2.25. The maximum atomic E-state index is 6.13. The molecule has 140 valence electrons. The SMILES string of the molecule is Cc1cc(Nc2cc(-c3ccccc3)nc(NCCN(C)C)n2)ccc1Cl. The molecule has 0 bridgehead atoms. The lowest BCUT2D eigenvalue weighted by atomic mass is 10.1.